The molecule has 0 amide bonds. The van der Waals surface area contributed by atoms with E-state index in [1.807, 2.05) is 12.1 Å². The molecular weight excluding hydrogens is 500 g/mol. The van der Waals surface area contributed by atoms with Gasteiger partial charge in [-0.2, -0.15) is 0 Å². The number of rotatable bonds is 5. The maximum absolute atomic E-state index is 11.7. The van der Waals surface area contributed by atoms with Crippen LogP contribution in [0, 0.1) is 0 Å². The Morgan fingerprint density at radius 2 is 1.69 bits per heavy atom. The number of benzene rings is 2. The molecule has 0 atom stereocenters. The first-order chi connectivity index (χ1) is 17.3. The van der Waals surface area contributed by atoms with Gasteiger partial charge in [-0.05, 0) is 42.5 Å². The third-order valence-electron chi connectivity index (χ3n) is 6.27. The molecule has 3 heterocycles. The molecule has 188 valence electrons. The van der Waals surface area contributed by atoms with Gasteiger partial charge in [0, 0.05) is 49.6 Å². The fourth-order valence-electron chi connectivity index (χ4n) is 4.38. The Hall–Kier alpha value is -3.64. The van der Waals surface area contributed by atoms with Crippen molar-refractivity contribution in [3.63, 3.8) is 0 Å². The zero-order valence-corrected chi connectivity index (χ0v) is 21.7. The second-order valence-corrected chi connectivity index (χ2v) is 10.9. The number of ether oxygens (including phenoxy) is 2. The second-order valence-electron chi connectivity index (χ2n) is 8.50. The molecule has 12 heteroatoms. The number of fused-ring (bicyclic) bond motifs is 3. The van der Waals surface area contributed by atoms with E-state index in [-0.39, 0.29) is 4.90 Å². The van der Waals surface area contributed by atoms with Crippen LogP contribution in [0.4, 0.5) is 11.5 Å². The number of H-pyrrole nitrogens is 1. The van der Waals surface area contributed by atoms with E-state index in [1.54, 1.807) is 44.8 Å². The lowest BCUT2D eigenvalue weighted by molar-refractivity contribution is 0.356. The van der Waals surface area contributed by atoms with Crippen LogP contribution in [0.15, 0.2) is 47.6 Å². The Morgan fingerprint density at radius 3 is 2.33 bits per heavy atom. The number of methoxy groups -OCH3 is 2. The van der Waals surface area contributed by atoms with Gasteiger partial charge in [-0.1, -0.05) is 0 Å². The number of piperazine rings is 1. The number of hydrogen-bond acceptors (Lipinski definition) is 8. The minimum atomic E-state index is -3.24. The summed E-state index contributed by atoms with van der Waals surface area (Å²) >= 11 is 5.62. The molecule has 0 saturated carbocycles. The van der Waals surface area contributed by atoms with E-state index in [0.717, 1.165) is 46.5 Å². The van der Waals surface area contributed by atoms with Crippen molar-refractivity contribution in [2.45, 2.75) is 4.90 Å². The molecule has 10 nitrogen and oxygen atoms in total. The average Bonchev–Trinajstić information content (AvgIpc) is 3.25. The topological polar surface area (TPSA) is 113 Å². The molecule has 1 aliphatic rings. The zero-order chi connectivity index (χ0) is 25.4. The predicted molar refractivity (Wildman–Crippen MR) is 144 cm³/mol. The summed E-state index contributed by atoms with van der Waals surface area (Å²) in [7, 11) is -0.00699. The number of nitrogens with one attached hydrogen (secondary N) is 2. The number of anilines is 2. The summed E-state index contributed by atoms with van der Waals surface area (Å²) in [6.45, 7) is 2.86. The molecule has 1 aliphatic heterocycles. The molecule has 0 bridgehead atoms. The van der Waals surface area contributed by atoms with Crippen LogP contribution in [0.3, 0.4) is 0 Å². The molecule has 4 aromatic rings. The van der Waals surface area contributed by atoms with E-state index >= 15 is 0 Å². The average molecular weight is 527 g/mol. The van der Waals surface area contributed by atoms with E-state index in [4.69, 9.17) is 21.7 Å². The van der Waals surface area contributed by atoms with Gasteiger partial charge in [-0.3, -0.25) is 0 Å². The summed E-state index contributed by atoms with van der Waals surface area (Å²) in [5.74, 6) is 2.14. The normalized spacial score (nSPS) is 14.3. The van der Waals surface area contributed by atoms with Gasteiger partial charge in [0.25, 0.3) is 0 Å². The standard InChI is InChI=1S/C24H26N6O4S2/c1-33-19-12-17-18(13-20(19)34-2)28-22-21(17)23(26-14-25-22)29-8-10-30(11-9-29)24(35)27-15-4-6-16(7-5-15)36(3,31)32/h4-7,12-14H,8-11H2,1-3H3,(H,27,35)(H,25,26,28). The van der Waals surface area contributed by atoms with Gasteiger partial charge in [0.2, 0.25) is 0 Å². The van der Waals surface area contributed by atoms with Crippen molar-refractivity contribution in [3.8, 4) is 11.5 Å². The highest BCUT2D eigenvalue weighted by Gasteiger charge is 2.24. The second kappa shape index (κ2) is 9.43. The van der Waals surface area contributed by atoms with Crippen molar-refractivity contribution >= 4 is 60.6 Å². The summed E-state index contributed by atoms with van der Waals surface area (Å²) in [5, 5.41) is 5.71. The van der Waals surface area contributed by atoms with E-state index < -0.39 is 9.84 Å². The van der Waals surface area contributed by atoms with E-state index in [9.17, 15) is 8.42 Å². The van der Waals surface area contributed by atoms with Crippen molar-refractivity contribution in [1.29, 1.82) is 0 Å². The van der Waals surface area contributed by atoms with Crippen molar-refractivity contribution in [3.05, 3.63) is 42.7 Å². The third kappa shape index (κ3) is 4.49. The first-order valence-corrected chi connectivity index (χ1v) is 13.6. The van der Waals surface area contributed by atoms with Crippen LogP contribution < -0.4 is 19.7 Å². The number of aromatic amines is 1. The smallest absolute Gasteiger partial charge is 0.175 e. The Morgan fingerprint density at radius 1 is 1.03 bits per heavy atom. The van der Waals surface area contributed by atoms with E-state index in [0.29, 0.717) is 29.7 Å². The van der Waals surface area contributed by atoms with Crippen molar-refractivity contribution in [2.75, 3.05) is 56.9 Å². The number of thiocarbonyl (C=S) groups is 1. The molecule has 2 aromatic heterocycles. The van der Waals surface area contributed by atoms with Gasteiger partial charge in [0.15, 0.2) is 26.4 Å². The number of nitrogens with zero attached hydrogens (tertiary/aromatic N) is 4. The molecule has 1 saturated heterocycles. The van der Waals surface area contributed by atoms with Crippen LogP contribution >= 0.6 is 12.2 Å². The maximum Gasteiger partial charge on any atom is 0.175 e. The van der Waals surface area contributed by atoms with E-state index in [1.165, 1.54) is 6.26 Å². The summed E-state index contributed by atoms with van der Waals surface area (Å²) in [4.78, 5) is 17.0. The fourth-order valence-corrected chi connectivity index (χ4v) is 5.32. The summed E-state index contributed by atoms with van der Waals surface area (Å²) in [6.07, 6.45) is 2.76. The lowest BCUT2D eigenvalue weighted by Crippen LogP contribution is -2.50. The first kappa shape index (κ1) is 24.1. The Labute approximate surface area is 214 Å². The summed E-state index contributed by atoms with van der Waals surface area (Å²) in [5.41, 5.74) is 2.40. The van der Waals surface area contributed by atoms with Gasteiger partial charge >= 0.3 is 0 Å². The van der Waals surface area contributed by atoms with Gasteiger partial charge in [-0.25, -0.2) is 18.4 Å². The minimum absolute atomic E-state index is 0.275. The van der Waals surface area contributed by atoms with Crippen LogP contribution in [0.5, 0.6) is 11.5 Å². The predicted octanol–water partition coefficient (Wildman–Crippen LogP) is 3.05. The third-order valence-corrected chi connectivity index (χ3v) is 7.76. The highest BCUT2D eigenvalue weighted by atomic mass is 32.2. The Balaban J connectivity index is 1.33. The van der Waals surface area contributed by atoms with Crippen molar-refractivity contribution in [2.24, 2.45) is 0 Å². The van der Waals surface area contributed by atoms with E-state index in [2.05, 4.69) is 30.1 Å². The Kier molecular flexibility index (Phi) is 6.31. The molecular formula is C24H26N6O4S2. The monoisotopic (exact) mass is 526 g/mol. The van der Waals surface area contributed by atoms with Crippen LogP contribution in [-0.2, 0) is 9.84 Å². The van der Waals surface area contributed by atoms with Gasteiger partial charge in [0.05, 0.1) is 30.0 Å². The largest absolute Gasteiger partial charge is 0.493 e. The van der Waals surface area contributed by atoms with Crippen LogP contribution in [-0.4, -0.2) is 80.0 Å². The fraction of sp³-hybridized carbons (Fsp3) is 0.292. The molecule has 1 fully saturated rings. The SMILES string of the molecule is COc1cc2[nH]c3ncnc(N4CCN(C(=S)Nc5ccc(S(C)(=O)=O)cc5)CC4)c3c2cc1OC. The van der Waals surface area contributed by atoms with Gasteiger partial charge in [-0.15, -0.1) is 0 Å². The molecule has 0 unspecified atom stereocenters. The van der Waals surface area contributed by atoms with Crippen molar-refractivity contribution < 1.29 is 17.9 Å². The Bertz CT molecular complexity index is 1540. The molecule has 2 N–H and O–H groups in total. The highest BCUT2D eigenvalue weighted by Crippen LogP contribution is 2.38. The highest BCUT2D eigenvalue weighted by molar-refractivity contribution is 7.90. The van der Waals surface area contributed by atoms with Crippen molar-refractivity contribution in [1.82, 2.24) is 19.9 Å². The van der Waals surface area contributed by atoms with Gasteiger partial charge < -0.3 is 29.6 Å². The molecule has 0 aliphatic carbocycles. The molecule has 5 rings (SSSR count). The summed E-state index contributed by atoms with van der Waals surface area (Å²) < 4.78 is 34.3. The minimum Gasteiger partial charge on any atom is -0.493 e. The number of sulfone groups is 1. The maximum atomic E-state index is 11.7. The van der Waals surface area contributed by atoms with Crippen LogP contribution in [0.2, 0.25) is 0 Å². The molecule has 0 spiro atoms. The quantitative estimate of drug-likeness (QED) is 0.376. The van der Waals surface area contributed by atoms with Crippen LogP contribution in [0.25, 0.3) is 21.9 Å². The lowest BCUT2D eigenvalue weighted by Gasteiger charge is -2.37. The molecule has 2 aromatic carbocycles. The van der Waals surface area contributed by atoms with Gasteiger partial charge in [0.1, 0.15) is 17.8 Å². The lowest BCUT2D eigenvalue weighted by atomic mass is 10.1. The zero-order valence-electron chi connectivity index (χ0n) is 20.1. The number of hydrogen-bond donors (Lipinski definition) is 2. The molecule has 0 radical (unpaired) electrons. The summed E-state index contributed by atoms with van der Waals surface area (Å²) in [6, 6.07) is 10.4. The first-order valence-electron chi connectivity index (χ1n) is 11.3. The molecule has 36 heavy (non-hydrogen) atoms. The van der Waals surface area contributed by atoms with Crippen LogP contribution in [0.1, 0.15) is 0 Å². The number of aromatic nitrogens is 3.